The van der Waals surface area contributed by atoms with E-state index in [4.69, 9.17) is 18.9 Å². The number of rotatable bonds is 9. The van der Waals surface area contributed by atoms with Gasteiger partial charge in [-0.05, 0) is 65.7 Å². The molecule has 0 saturated heterocycles. The average Bonchev–Trinajstić information content (AvgIpc) is 3.46. The molecule has 1 aliphatic heterocycles. The van der Waals surface area contributed by atoms with Gasteiger partial charge >= 0.3 is 5.97 Å². The Morgan fingerprint density at radius 2 is 1.95 bits per heavy atom. The zero-order chi connectivity index (χ0) is 29.1. The number of ether oxygens (including phenoxy) is 2. The summed E-state index contributed by atoms with van der Waals surface area (Å²) in [6.07, 6.45) is 3.03. The van der Waals surface area contributed by atoms with Crippen molar-refractivity contribution in [3.8, 4) is 5.75 Å². The molecule has 0 unspecified atom stereocenters. The minimum atomic E-state index is -0.783. The molecule has 0 amide bonds. The molecule has 7 nitrogen and oxygen atoms in total. The van der Waals surface area contributed by atoms with Gasteiger partial charge in [0.05, 0.1) is 34.0 Å². The molecule has 11 heteroatoms. The number of fused-ring (bicyclic) bond motifs is 1. The third kappa shape index (κ3) is 6.18. The summed E-state index contributed by atoms with van der Waals surface area (Å²) in [6.45, 7) is 3.98. The molecule has 0 bridgehead atoms. The van der Waals surface area contributed by atoms with E-state index in [-0.39, 0.29) is 12.2 Å². The van der Waals surface area contributed by atoms with Crippen LogP contribution in [-0.2, 0) is 9.53 Å². The summed E-state index contributed by atoms with van der Waals surface area (Å²) in [5, 5.41) is 0.682. The second-order valence-corrected chi connectivity index (χ2v) is 12.8. The lowest BCUT2D eigenvalue weighted by Crippen LogP contribution is -2.40. The lowest BCUT2D eigenvalue weighted by atomic mass is 9.93. The summed E-state index contributed by atoms with van der Waals surface area (Å²) in [5.74, 6) is 0.568. The average molecular weight is 718 g/mol. The Bertz CT molecular complexity index is 1810. The molecule has 0 aliphatic carbocycles. The number of esters is 1. The van der Waals surface area contributed by atoms with E-state index in [1.807, 2.05) is 61.5 Å². The largest absolute Gasteiger partial charge is 0.496 e. The third-order valence-electron chi connectivity index (χ3n) is 6.28. The number of carbonyl (C=O) groups is 1. The Balaban J connectivity index is 1.69. The van der Waals surface area contributed by atoms with Crippen molar-refractivity contribution in [1.82, 2.24) is 4.57 Å². The summed E-state index contributed by atoms with van der Waals surface area (Å²) in [6, 6.07) is 16.5. The van der Waals surface area contributed by atoms with Crippen LogP contribution in [0.3, 0.4) is 0 Å². The van der Waals surface area contributed by atoms with E-state index < -0.39 is 12.0 Å². The van der Waals surface area contributed by atoms with Gasteiger partial charge in [-0.3, -0.25) is 9.36 Å². The molecule has 2 aromatic carbocycles. The topological polar surface area (TPSA) is 83.0 Å². The fourth-order valence-electron chi connectivity index (χ4n) is 4.57. The van der Waals surface area contributed by atoms with Crippen LogP contribution in [0.25, 0.3) is 6.08 Å². The second-order valence-electron chi connectivity index (χ2n) is 9.00. The van der Waals surface area contributed by atoms with Crippen molar-refractivity contribution >= 4 is 67.0 Å². The first kappa shape index (κ1) is 29.6. The zero-order valence-electron chi connectivity index (χ0n) is 22.5. The molecule has 0 N–H and O–H groups in total. The maximum absolute atomic E-state index is 14.1. The highest BCUT2D eigenvalue weighted by molar-refractivity contribution is 9.10. The Kier molecular flexibility index (Phi) is 9.38. The number of benzene rings is 2. The lowest BCUT2D eigenvalue weighted by molar-refractivity contribution is -0.139. The first-order chi connectivity index (χ1) is 19.8. The molecule has 41 heavy (non-hydrogen) atoms. The quantitative estimate of drug-likeness (QED) is 0.176. The smallest absolute Gasteiger partial charge is 0.338 e. The van der Waals surface area contributed by atoms with Crippen LogP contribution < -0.4 is 19.6 Å². The van der Waals surface area contributed by atoms with Gasteiger partial charge in [0.2, 0.25) is 0 Å². The maximum atomic E-state index is 14.1. The van der Waals surface area contributed by atoms with Crippen molar-refractivity contribution in [2.45, 2.75) is 42.7 Å². The van der Waals surface area contributed by atoms with Crippen LogP contribution >= 0.6 is 55.0 Å². The molecule has 0 saturated carbocycles. The van der Waals surface area contributed by atoms with Crippen molar-refractivity contribution < 1.29 is 18.7 Å². The van der Waals surface area contributed by atoms with E-state index in [2.05, 4.69) is 31.9 Å². The molecule has 0 radical (unpaired) electrons. The number of halogens is 2. The third-order valence-corrected chi connectivity index (χ3v) is 9.60. The van der Waals surface area contributed by atoms with Crippen molar-refractivity contribution in [3.05, 3.63) is 106 Å². The summed E-state index contributed by atoms with van der Waals surface area (Å²) in [7, 11) is 1.57. The van der Waals surface area contributed by atoms with Gasteiger partial charge in [-0.1, -0.05) is 70.6 Å². The van der Waals surface area contributed by atoms with Gasteiger partial charge in [-0.25, -0.2) is 9.79 Å². The summed E-state index contributed by atoms with van der Waals surface area (Å²) >= 11 is 9.87. The number of thiazole rings is 1. The van der Waals surface area contributed by atoms with Crippen LogP contribution in [0, 0.1) is 0 Å². The molecular weight excluding hydrogens is 692 g/mol. The Morgan fingerprint density at radius 1 is 1.17 bits per heavy atom. The second kappa shape index (κ2) is 13.0. The number of allylic oxidation sites excluding steroid dienone is 1. The first-order valence-electron chi connectivity index (χ1n) is 12.9. The van der Waals surface area contributed by atoms with E-state index in [9.17, 15) is 9.59 Å². The maximum Gasteiger partial charge on any atom is 0.338 e. The Labute approximate surface area is 261 Å². The number of furan rings is 1. The molecule has 5 rings (SSSR count). The lowest BCUT2D eigenvalue weighted by Gasteiger charge is -2.27. The fourth-order valence-corrected chi connectivity index (χ4v) is 7.30. The number of hydrogen-bond donors (Lipinski definition) is 0. The van der Waals surface area contributed by atoms with Gasteiger partial charge in [0.25, 0.3) is 5.56 Å². The van der Waals surface area contributed by atoms with Gasteiger partial charge in [-0.15, -0.1) is 0 Å². The molecule has 0 fully saturated rings. The summed E-state index contributed by atoms with van der Waals surface area (Å²) in [4.78, 5) is 33.8. The van der Waals surface area contributed by atoms with Gasteiger partial charge in [0.1, 0.15) is 17.6 Å². The van der Waals surface area contributed by atoms with Crippen molar-refractivity contribution in [2.75, 3.05) is 13.7 Å². The van der Waals surface area contributed by atoms with Crippen molar-refractivity contribution in [2.24, 2.45) is 4.99 Å². The predicted molar refractivity (Wildman–Crippen MR) is 167 cm³/mol. The van der Waals surface area contributed by atoms with Gasteiger partial charge < -0.3 is 13.9 Å². The fraction of sp³-hybridized carbons (Fsp3) is 0.233. The zero-order valence-corrected chi connectivity index (χ0v) is 27.3. The molecule has 4 aromatic rings. The van der Waals surface area contributed by atoms with E-state index in [1.54, 1.807) is 24.7 Å². The van der Waals surface area contributed by atoms with Crippen molar-refractivity contribution in [1.29, 1.82) is 0 Å². The van der Waals surface area contributed by atoms with Gasteiger partial charge in [0.15, 0.2) is 9.89 Å². The summed E-state index contributed by atoms with van der Waals surface area (Å²) in [5.41, 5.74) is 1.31. The van der Waals surface area contributed by atoms with Crippen LogP contribution in [0.15, 0.2) is 99.0 Å². The number of nitrogens with zero attached hydrogens (tertiary/aromatic N) is 2. The van der Waals surface area contributed by atoms with Crippen molar-refractivity contribution in [3.63, 3.8) is 0 Å². The van der Waals surface area contributed by atoms with E-state index in [0.29, 0.717) is 49.2 Å². The standard InChI is InChI=1S/C30H26Br2N2O5S2/c1-4-9-22-25(28(36)38-5-2)26(20-14-17(31)12-13-23(20)37-3)34-27(35)24(41-30(34)33-22)16-18-15-21(32)29(39-18)40-19-10-7-6-8-11-19/h6-8,10-16,26H,4-5,9H2,1-3H3/b24-16+/t26-/m0/s1. The Hall–Kier alpha value is -2.86. The molecular formula is C30H26Br2N2O5S2. The van der Waals surface area contributed by atoms with Crippen LogP contribution in [0.1, 0.15) is 44.1 Å². The molecule has 1 atom stereocenters. The normalized spacial score (nSPS) is 15.0. The molecule has 0 spiro atoms. The molecule has 2 aromatic heterocycles. The van der Waals surface area contributed by atoms with Crippen LogP contribution in [0.2, 0.25) is 0 Å². The number of methoxy groups -OCH3 is 1. The van der Waals surface area contributed by atoms with E-state index in [0.717, 1.165) is 20.3 Å². The highest BCUT2D eigenvalue weighted by Crippen LogP contribution is 2.39. The van der Waals surface area contributed by atoms with Crippen LogP contribution in [0.4, 0.5) is 0 Å². The Morgan fingerprint density at radius 3 is 2.66 bits per heavy atom. The SMILES string of the molecule is CCCC1=C(C(=O)OCC)[C@H](c2cc(Br)ccc2OC)n2c(s/c(=C/c3cc(Br)c(Sc4ccccc4)o3)c2=O)=N1. The van der Waals surface area contributed by atoms with Gasteiger partial charge in [0, 0.05) is 21.0 Å². The number of carbonyl (C=O) groups excluding carboxylic acids is 1. The molecule has 1 aliphatic rings. The van der Waals surface area contributed by atoms with E-state index >= 15 is 0 Å². The summed E-state index contributed by atoms with van der Waals surface area (Å²) < 4.78 is 20.8. The highest BCUT2D eigenvalue weighted by Gasteiger charge is 2.36. The minimum Gasteiger partial charge on any atom is -0.496 e. The van der Waals surface area contributed by atoms with Crippen LogP contribution in [-0.4, -0.2) is 24.3 Å². The van der Waals surface area contributed by atoms with E-state index in [1.165, 1.54) is 23.1 Å². The monoisotopic (exact) mass is 716 g/mol. The number of aromatic nitrogens is 1. The number of hydrogen-bond acceptors (Lipinski definition) is 8. The minimum absolute atomic E-state index is 0.200. The van der Waals surface area contributed by atoms with Crippen LogP contribution in [0.5, 0.6) is 5.75 Å². The highest BCUT2D eigenvalue weighted by atomic mass is 79.9. The first-order valence-corrected chi connectivity index (χ1v) is 16.1. The molecule has 3 heterocycles. The predicted octanol–water partition coefficient (Wildman–Crippen LogP) is 6.86. The molecule has 212 valence electrons. The van der Waals surface area contributed by atoms with Gasteiger partial charge in [-0.2, -0.15) is 0 Å².